The number of rotatable bonds is 8. The van der Waals surface area contributed by atoms with Gasteiger partial charge >= 0.3 is 0 Å². The largest absolute Gasteiger partial charge is 0.484 e. The summed E-state index contributed by atoms with van der Waals surface area (Å²) in [6.45, 7) is 6.27. The number of ether oxygens (including phenoxy) is 1. The monoisotopic (exact) mass is 488 g/mol. The molecular formula is C21H24N6O4S2. The van der Waals surface area contributed by atoms with Gasteiger partial charge in [0.2, 0.25) is 11.0 Å². The molecule has 1 N–H and O–H groups in total. The first kappa shape index (κ1) is 23.1. The van der Waals surface area contributed by atoms with Gasteiger partial charge in [-0.2, -0.15) is 0 Å². The maximum Gasteiger partial charge on any atom is 0.260 e. The fourth-order valence-electron chi connectivity index (χ4n) is 3.22. The van der Waals surface area contributed by atoms with Gasteiger partial charge in [-0.05, 0) is 25.5 Å². The van der Waals surface area contributed by atoms with Crippen LogP contribution in [0.25, 0.3) is 0 Å². The second kappa shape index (κ2) is 10.7. The van der Waals surface area contributed by atoms with Gasteiger partial charge in [-0.3, -0.25) is 9.59 Å². The summed E-state index contributed by atoms with van der Waals surface area (Å²) in [5, 5.41) is 15.6. The van der Waals surface area contributed by atoms with E-state index in [2.05, 4.69) is 25.6 Å². The van der Waals surface area contributed by atoms with Crippen molar-refractivity contribution in [1.82, 2.24) is 20.3 Å². The first-order chi connectivity index (χ1) is 16.0. The minimum atomic E-state index is -0.190. The lowest BCUT2D eigenvalue weighted by molar-refractivity contribution is -0.133. The van der Waals surface area contributed by atoms with Gasteiger partial charge < -0.3 is 24.4 Å². The second-order valence-corrected chi connectivity index (χ2v) is 9.61. The Morgan fingerprint density at radius 1 is 1.18 bits per heavy atom. The number of benzene rings is 1. The van der Waals surface area contributed by atoms with Gasteiger partial charge in [-0.25, -0.2) is 0 Å². The van der Waals surface area contributed by atoms with Gasteiger partial charge in [-0.1, -0.05) is 46.5 Å². The number of piperazine rings is 1. The van der Waals surface area contributed by atoms with Crippen molar-refractivity contribution in [3.63, 3.8) is 0 Å². The minimum Gasteiger partial charge on any atom is -0.484 e. The van der Waals surface area contributed by atoms with Crippen LogP contribution in [0.2, 0.25) is 0 Å². The number of anilines is 2. The number of thioether (sulfide) groups is 1. The summed E-state index contributed by atoms with van der Waals surface area (Å²) in [7, 11) is 0. The molecule has 0 bridgehead atoms. The third-order valence-electron chi connectivity index (χ3n) is 4.97. The highest BCUT2D eigenvalue weighted by Crippen LogP contribution is 2.28. The molecule has 1 fully saturated rings. The van der Waals surface area contributed by atoms with Gasteiger partial charge in [0.1, 0.15) is 11.5 Å². The Hall–Kier alpha value is -3.12. The zero-order valence-electron chi connectivity index (χ0n) is 18.3. The van der Waals surface area contributed by atoms with Crippen LogP contribution in [-0.4, -0.2) is 70.6 Å². The Morgan fingerprint density at radius 3 is 2.70 bits per heavy atom. The number of aryl methyl sites for hydroxylation is 2. The van der Waals surface area contributed by atoms with Crippen molar-refractivity contribution in [2.24, 2.45) is 0 Å². The summed E-state index contributed by atoms with van der Waals surface area (Å²) in [4.78, 5) is 28.5. The predicted molar refractivity (Wildman–Crippen MR) is 126 cm³/mol. The maximum absolute atomic E-state index is 12.5. The average Bonchev–Trinajstić information content (AvgIpc) is 3.46. The Kier molecular flexibility index (Phi) is 7.45. The number of aromatic nitrogens is 3. The van der Waals surface area contributed by atoms with Crippen LogP contribution in [0, 0.1) is 13.8 Å². The molecule has 3 aromatic rings. The number of carbonyl (C=O) groups is 2. The van der Waals surface area contributed by atoms with Gasteiger partial charge in [0.25, 0.3) is 5.91 Å². The third kappa shape index (κ3) is 6.23. The molecule has 2 amide bonds. The Labute approximate surface area is 199 Å². The molecule has 1 aliphatic heterocycles. The molecule has 174 valence electrons. The molecule has 0 saturated carbocycles. The predicted octanol–water partition coefficient (Wildman–Crippen LogP) is 2.60. The molecular weight excluding hydrogens is 464 g/mol. The van der Waals surface area contributed by atoms with Gasteiger partial charge in [0.15, 0.2) is 16.8 Å². The summed E-state index contributed by atoms with van der Waals surface area (Å²) >= 11 is 2.75. The molecule has 1 saturated heterocycles. The maximum atomic E-state index is 12.5. The molecule has 3 heterocycles. The van der Waals surface area contributed by atoms with E-state index >= 15 is 0 Å². The molecule has 0 aliphatic carbocycles. The van der Waals surface area contributed by atoms with Gasteiger partial charge in [0.05, 0.1) is 5.75 Å². The van der Waals surface area contributed by atoms with E-state index in [4.69, 9.17) is 9.26 Å². The summed E-state index contributed by atoms with van der Waals surface area (Å²) in [5.41, 5.74) is 1.01. The number of amides is 2. The van der Waals surface area contributed by atoms with E-state index in [0.717, 1.165) is 16.4 Å². The molecule has 33 heavy (non-hydrogen) atoms. The highest BCUT2D eigenvalue weighted by atomic mass is 32.2. The zero-order valence-corrected chi connectivity index (χ0v) is 19.9. The Bertz CT molecular complexity index is 1110. The lowest BCUT2D eigenvalue weighted by Gasteiger charge is -2.34. The number of hydrogen-bond acceptors (Lipinski definition) is 10. The van der Waals surface area contributed by atoms with E-state index in [1.807, 2.05) is 31.2 Å². The highest BCUT2D eigenvalue weighted by Gasteiger charge is 2.24. The number of carbonyl (C=O) groups excluding carboxylic acids is 2. The van der Waals surface area contributed by atoms with E-state index in [0.29, 0.717) is 42.1 Å². The van der Waals surface area contributed by atoms with Crippen LogP contribution in [0.1, 0.15) is 11.3 Å². The Balaban J connectivity index is 1.20. The Morgan fingerprint density at radius 2 is 1.97 bits per heavy atom. The van der Waals surface area contributed by atoms with E-state index < -0.39 is 0 Å². The van der Waals surface area contributed by atoms with Crippen molar-refractivity contribution < 1.29 is 18.8 Å². The highest BCUT2D eigenvalue weighted by molar-refractivity contribution is 8.01. The van der Waals surface area contributed by atoms with E-state index in [1.165, 1.54) is 23.1 Å². The van der Waals surface area contributed by atoms with Crippen molar-refractivity contribution in [3.8, 4) is 5.75 Å². The molecule has 1 aromatic carbocycles. The molecule has 1 aliphatic rings. The summed E-state index contributed by atoms with van der Waals surface area (Å²) in [6, 6.07) is 9.31. The van der Waals surface area contributed by atoms with Crippen LogP contribution in [0.3, 0.4) is 0 Å². The number of nitrogens with one attached hydrogen (secondary N) is 1. The topological polar surface area (TPSA) is 114 Å². The van der Waals surface area contributed by atoms with Crippen LogP contribution in [0.15, 0.2) is 39.2 Å². The number of nitrogens with zero attached hydrogens (tertiary/aromatic N) is 5. The third-order valence-corrected chi connectivity index (χ3v) is 7.08. The van der Waals surface area contributed by atoms with Gasteiger partial charge in [-0.15, -0.1) is 10.2 Å². The SMILES string of the molecule is Cc1cc(NC(=O)CSc2nnc(N3CCN(C(=O)COc4ccccc4C)CC3)s2)no1. The van der Waals surface area contributed by atoms with Gasteiger partial charge in [0, 0.05) is 32.2 Å². The standard InChI is InChI=1S/C21H24N6O4S2/c1-14-5-3-4-6-16(14)30-12-19(29)26-7-9-27(10-8-26)20-23-24-21(33-20)32-13-18(28)22-17-11-15(2)31-25-17/h3-6,11H,7-10,12-13H2,1-2H3,(H,22,25,28). The second-order valence-electron chi connectivity index (χ2n) is 7.43. The van der Waals surface area contributed by atoms with Crippen LogP contribution in [0.4, 0.5) is 10.9 Å². The minimum absolute atomic E-state index is 0.0280. The van der Waals surface area contributed by atoms with Crippen molar-refractivity contribution >= 4 is 45.9 Å². The lowest BCUT2D eigenvalue weighted by atomic mass is 10.2. The van der Waals surface area contributed by atoms with Crippen molar-refractivity contribution in [2.45, 2.75) is 18.2 Å². The van der Waals surface area contributed by atoms with E-state index in [1.54, 1.807) is 17.9 Å². The van der Waals surface area contributed by atoms with E-state index in [9.17, 15) is 9.59 Å². The van der Waals surface area contributed by atoms with Crippen LogP contribution >= 0.6 is 23.1 Å². The molecule has 0 spiro atoms. The molecule has 4 rings (SSSR count). The summed E-state index contributed by atoms with van der Waals surface area (Å²) < 4.78 is 11.3. The van der Waals surface area contributed by atoms with Crippen LogP contribution in [0.5, 0.6) is 5.75 Å². The van der Waals surface area contributed by atoms with Crippen molar-refractivity contribution in [2.75, 3.05) is 48.8 Å². The molecule has 0 radical (unpaired) electrons. The smallest absolute Gasteiger partial charge is 0.260 e. The summed E-state index contributed by atoms with van der Waals surface area (Å²) in [5.74, 6) is 1.74. The quantitative estimate of drug-likeness (QED) is 0.478. The van der Waals surface area contributed by atoms with Crippen LogP contribution in [-0.2, 0) is 9.59 Å². The van der Waals surface area contributed by atoms with E-state index in [-0.39, 0.29) is 24.2 Å². The fraction of sp³-hybridized carbons (Fsp3) is 0.381. The average molecular weight is 489 g/mol. The molecule has 12 heteroatoms. The molecule has 0 atom stereocenters. The first-order valence-corrected chi connectivity index (χ1v) is 12.2. The van der Waals surface area contributed by atoms with Crippen molar-refractivity contribution in [3.05, 3.63) is 41.7 Å². The number of hydrogen-bond donors (Lipinski definition) is 1. The first-order valence-electron chi connectivity index (χ1n) is 10.4. The molecule has 0 unspecified atom stereocenters. The van der Waals surface area contributed by atoms with Crippen molar-refractivity contribution in [1.29, 1.82) is 0 Å². The number of para-hydroxylation sites is 1. The fourth-order valence-corrected chi connectivity index (χ4v) is 4.91. The molecule has 10 nitrogen and oxygen atoms in total. The summed E-state index contributed by atoms with van der Waals surface area (Å²) in [6.07, 6.45) is 0. The normalized spacial score (nSPS) is 13.8. The zero-order chi connectivity index (χ0) is 23.2. The lowest BCUT2D eigenvalue weighted by Crippen LogP contribution is -2.50. The van der Waals surface area contributed by atoms with Crippen LogP contribution < -0.4 is 15.0 Å². The molecule has 2 aromatic heterocycles.